The van der Waals surface area contributed by atoms with Crippen LogP contribution in [0.3, 0.4) is 0 Å². The van der Waals surface area contributed by atoms with Crippen LogP contribution in [0.1, 0.15) is 54.3 Å². The fraction of sp³-hybridized carbons (Fsp3) is 0.440. The van der Waals surface area contributed by atoms with Gasteiger partial charge in [-0.1, -0.05) is 0 Å². The van der Waals surface area contributed by atoms with Crippen molar-refractivity contribution >= 4 is 22.6 Å². The number of nitrogens with one attached hydrogen (secondary N) is 1. The van der Waals surface area contributed by atoms with Crippen LogP contribution in [0.25, 0.3) is 11.0 Å². The van der Waals surface area contributed by atoms with Crippen molar-refractivity contribution < 1.29 is 27.1 Å². The molecule has 12 heteroatoms. The van der Waals surface area contributed by atoms with Crippen LogP contribution >= 0.6 is 0 Å². The number of hydrogen-bond acceptors (Lipinski definition) is 6. The average molecular weight is 522 g/mol. The fourth-order valence-corrected chi connectivity index (χ4v) is 4.48. The highest BCUT2D eigenvalue weighted by Crippen LogP contribution is 2.35. The monoisotopic (exact) mass is 521 g/mol. The summed E-state index contributed by atoms with van der Waals surface area (Å²) in [5.41, 5.74) is -2.40. The molecule has 0 bridgehead atoms. The Bertz CT molecular complexity index is 1410. The number of morpholine rings is 1. The number of pyridine rings is 1. The van der Waals surface area contributed by atoms with Crippen LogP contribution in [0.15, 0.2) is 29.1 Å². The lowest BCUT2D eigenvalue weighted by Gasteiger charge is -2.35. The van der Waals surface area contributed by atoms with Crippen LogP contribution < -0.4 is 10.9 Å². The summed E-state index contributed by atoms with van der Waals surface area (Å²) in [6.07, 6.45) is -5.15. The fourth-order valence-electron chi connectivity index (χ4n) is 4.48. The number of carbonyl (C=O) groups is 1. The molecule has 3 aromatic rings. The van der Waals surface area contributed by atoms with E-state index < -0.39 is 29.3 Å². The van der Waals surface area contributed by atoms with Crippen molar-refractivity contribution in [3.05, 3.63) is 63.1 Å². The van der Waals surface area contributed by atoms with Gasteiger partial charge in [-0.3, -0.25) is 14.2 Å². The highest BCUT2D eigenvalue weighted by molar-refractivity contribution is 5.94. The molecule has 198 valence electrons. The van der Waals surface area contributed by atoms with E-state index in [9.17, 15) is 27.2 Å². The van der Waals surface area contributed by atoms with E-state index in [1.165, 1.54) is 37.6 Å². The van der Waals surface area contributed by atoms with Gasteiger partial charge in [0.15, 0.2) is 11.3 Å². The van der Waals surface area contributed by atoms with Crippen LogP contribution in [0.5, 0.6) is 0 Å². The molecule has 1 unspecified atom stereocenters. The number of aromatic nitrogens is 3. The van der Waals surface area contributed by atoms with E-state index in [1.54, 1.807) is 4.90 Å². The van der Waals surface area contributed by atoms with E-state index in [4.69, 9.17) is 4.74 Å². The quantitative estimate of drug-likeness (QED) is 0.518. The van der Waals surface area contributed by atoms with E-state index in [0.29, 0.717) is 13.1 Å². The third-order valence-corrected chi connectivity index (χ3v) is 6.35. The molecule has 1 aliphatic rings. The molecule has 4 rings (SSSR count). The maximum Gasteiger partial charge on any atom is 0.433 e. The van der Waals surface area contributed by atoms with Crippen molar-refractivity contribution in [3.8, 4) is 0 Å². The summed E-state index contributed by atoms with van der Waals surface area (Å²) in [7, 11) is 1.46. The molecule has 1 aliphatic heterocycles. The highest BCUT2D eigenvalue weighted by Gasteiger charge is 2.38. The van der Waals surface area contributed by atoms with Crippen molar-refractivity contribution in [2.75, 3.05) is 18.4 Å². The van der Waals surface area contributed by atoms with Crippen LogP contribution in [-0.2, 0) is 18.0 Å². The molecular weight excluding hydrogens is 494 g/mol. The second-order valence-corrected chi connectivity index (χ2v) is 9.35. The average Bonchev–Trinajstić information content (AvgIpc) is 2.81. The first-order valence-electron chi connectivity index (χ1n) is 11.7. The Balaban J connectivity index is 1.65. The Kier molecular flexibility index (Phi) is 6.97. The Hall–Kier alpha value is -3.54. The first-order valence-corrected chi connectivity index (χ1v) is 11.7. The standard InChI is InChI=1S/C25H27F4N5O3/c1-12-10-34(11-13(2)37-12)23(35)16-6-7-20(19(26)8-16)30-14(3)17-9-18-22(32-21(17)25(27,28)29)31-15(4)33(5)24(18)36/h6-9,12-14,30H,10-11H2,1-5H3/t12-,13+,14?. The molecule has 0 spiro atoms. The zero-order valence-corrected chi connectivity index (χ0v) is 21.0. The van der Waals surface area contributed by atoms with Gasteiger partial charge in [-0.15, -0.1) is 0 Å². The molecule has 0 saturated carbocycles. The summed E-state index contributed by atoms with van der Waals surface area (Å²) in [5.74, 6) is -0.949. The number of benzene rings is 1. The molecule has 0 aliphatic carbocycles. The minimum atomic E-state index is -4.84. The molecule has 37 heavy (non-hydrogen) atoms. The Labute approximate surface area is 210 Å². The van der Waals surface area contributed by atoms with Gasteiger partial charge in [0, 0.05) is 31.3 Å². The number of halogens is 4. The summed E-state index contributed by atoms with van der Waals surface area (Å²) in [5, 5.41) is 2.64. The van der Waals surface area contributed by atoms with Gasteiger partial charge in [0.25, 0.3) is 11.5 Å². The first-order chi connectivity index (χ1) is 17.3. The van der Waals surface area contributed by atoms with Crippen LogP contribution in [0, 0.1) is 12.7 Å². The lowest BCUT2D eigenvalue weighted by molar-refractivity contribution is -0.141. The smallest absolute Gasteiger partial charge is 0.376 e. The number of aryl methyl sites for hydroxylation is 1. The third kappa shape index (κ3) is 5.29. The van der Waals surface area contributed by atoms with Gasteiger partial charge in [0.2, 0.25) is 0 Å². The predicted octanol–water partition coefficient (Wildman–Crippen LogP) is 4.22. The topological polar surface area (TPSA) is 89.4 Å². The van der Waals surface area contributed by atoms with E-state index in [-0.39, 0.29) is 51.8 Å². The number of fused-ring (bicyclic) bond motifs is 1. The zero-order chi connectivity index (χ0) is 27.2. The van der Waals surface area contributed by atoms with Crippen LogP contribution in [0.2, 0.25) is 0 Å². The van der Waals surface area contributed by atoms with Crippen molar-refractivity contribution in [1.29, 1.82) is 0 Å². The molecule has 3 heterocycles. The van der Waals surface area contributed by atoms with Gasteiger partial charge in [-0.2, -0.15) is 13.2 Å². The van der Waals surface area contributed by atoms with E-state index >= 15 is 0 Å². The van der Waals surface area contributed by atoms with Crippen LogP contribution in [0.4, 0.5) is 23.2 Å². The zero-order valence-electron chi connectivity index (χ0n) is 21.0. The van der Waals surface area contributed by atoms with E-state index in [2.05, 4.69) is 15.3 Å². The van der Waals surface area contributed by atoms with Gasteiger partial charge in [0.05, 0.1) is 29.3 Å². The number of ether oxygens (including phenoxy) is 1. The molecule has 2 aromatic heterocycles. The maximum absolute atomic E-state index is 15.0. The van der Waals surface area contributed by atoms with Gasteiger partial charge in [-0.25, -0.2) is 14.4 Å². The highest BCUT2D eigenvalue weighted by atomic mass is 19.4. The Morgan fingerprint density at radius 2 is 1.81 bits per heavy atom. The van der Waals surface area contributed by atoms with Crippen molar-refractivity contribution in [3.63, 3.8) is 0 Å². The van der Waals surface area contributed by atoms with E-state index in [0.717, 1.165) is 12.1 Å². The number of alkyl halides is 3. The van der Waals surface area contributed by atoms with Crippen LogP contribution in [-0.4, -0.2) is 50.6 Å². The second kappa shape index (κ2) is 9.73. The molecule has 1 saturated heterocycles. The van der Waals surface area contributed by atoms with Gasteiger partial charge in [0.1, 0.15) is 11.6 Å². The second-order valence-electron chi connectivity index (χ2n) is 9.35. The molecule has 3 atom stereocenters. The number of amides is 1. The number of carbonyl (C=O) groups excluding carboxylic acids is 1. The number of nitrogens with zero attached hydrogens (tertiary/aromatic N) is 4. The van der Waals surface area contributed by atoms with E-state index in [1.807, 2.05) is 13.8 Å². The van der Waals surface area contributed by atoms with Gasteiger partial charge < -0.3 is 15.0 Å². The third-order valence-electron chi connectivity index (χ3n) is 6.35. The maximum atomic E-state index is 15.0. The lowest BCUT2D eigenvalue weighted by Crippen LogP contribution is -2.48. The summed E-state index contributed by atoms with van der Waals surface area (Å²) in [4.78, 5) is 34.8. The summed E-state index contributed by atoms with van der Waals surface area (Å²) >= 11 is 0. The summed E-state index contributed by atoms with van der Waals surface area (Å²) in [6.45, 7) is 7.31. The largest absolute Gasteiger partial charge is 0.433 e. The van der Waals surface area contributed by atoms with Crippen molar-refractivity contribution in [1.82, 2.24) is 19.4 Å². The summed E-state index contributed by atoms with van der Waals surface area (Å²) < 4.78 is 63.5. The normalized spacial score (nSPS) is 19.2. The number of anilines is 1. The molecule has 0 radical (unpaired) electrons. The molecular formula is C25H27F4N5O3. The van der Waals surface area contributed by atoms with Gasteiger partial charge in [-0.05, 0) is 52.0 Å². The lowest BCUT2D eigenvalue weighted by atomic mass is 10.0. The minimum absolute atomic E-state index is 0.0832. The molecule has 1 amide bonds. The minimum Gasteiger partial charge on any atom is -0.376 e. The summed E-state index contributed by atoms with van der Waals surface area (Å²) in [6, 6.07) is 3.77. The Morgan fingerprint density at radius 3 is 2.41 bits per heavy atom. The number of hydrogen-bond donors (Lipinski definition) is 1. The molecule has 1 aromatic carbocycles. The number of rotatable bonds is 4. The Morgan fingerprint density at radius 1 is 1.16 bits per heavy atom. The molecule has 1 fully saturated rings. The van der Waals surface area contributed by atoms with Crippen molar-refractivity contribution in [2.24, 2.45) is 7.05 Å². The molecule has 8 nitrogen and oxygen atoms in total. The SMILES string of the molecule is Cc1nc2nc(C(F)(F)F)c(C(C)Nc3ccc(C(=O)N4C[C@@H](C)O[C@@H](C)C4)cc3F)cc2c(=O)n1C. The van der Waals surface area contributed by atoms with Crippen molar-refractivity contribution in [2.45, 2.75) is 52.1 Å². The van der Waals surface area contributed by atoms with Gasteiger partial charge >= 0.3 is 6.18 Å². The first kappa shape index (κ1) is 26.5. The molecule has 1 N–H and O–H groups in total. The predicted molar refractivity (Wildman–Crippen MR) is 129 cm³/mol.